The van der Waals surface area contributed by atoms with Gasteiger partial charge in [-0.1, -0.05) is 36.4 Å². The van der Waals surface area contributed by atoms with Gasteiger partial charge in [-0.2, -0.15) is 0 Å². The van der Waals surface area contributed by atoms with Crippen molar-refractivity contribution in [1.82, 2.24) is 5.32 Å². The number of fused-ring (bicyclic) bond motifs is 2. The lowest BCUT2D eigenvalue weighted by atomic mass is 9.98. The normalized spacial score (nSPS) is 17.8. The van der Waals surface area contributed by atoms with Crippen molar-refractivity contribution in [2.24, 2.45) is 0 Å². The minimum Gasteiger partial charge on any atom is -0.367 e. The Morgan fingerprint density at radius 1 is 0.857 bits per heavy atom. The molecule has 0 unspecified atom stereocenters. The van der Waals surface area contributed by atoms with Crippen LogP contribution in [0.5, 0.6) is 0 Å². The van der Waals surface area contributed by atoms with Crippen LogP contribution in [0.2, 0.25) is 0 Å². The summed E-state index contributed by atoms with van der Waals surface area (Å²) in [5.74, 6) is 0. The van der Waals surface area contributed by atoms with Gasteiger partial charge in [0.05, 0.1) is 0 Å². The van der Waals surface area contributed by atoms with Crippen LogP contribution < -0.4 is 10.2 Å². The fourth-order valence-electron chi connectivity index (χ4n) is 3.71. The Kier molecular flexibility index (Phi) is 3.40. The van der Waals surface area contributed by atoms with Gasteiger partial charge in [-0.25, -0.2) is 0 Å². The van der Waals surface area contributed by atoms with Gasteiger partial charge >= 0.3 is 0 Å². The minimum absolute atomic E-state index is 1.02. The monoisotopic (exact) mass is 278 g/mol. The van der Waals surface area contributed by atoms with E-state index in [1.807, 2.05) is 0 Å². The van der Waals surface area contributed by atoms with Gasteiger partial charge in [0, 0.05) is 25.3 Å². The quantitative estimate of drug-likeness (QED) is 0.861. The van der Waals surface area contributed by atoms with E-state index in [2.05, 4.69) is 52.7 Å². The van der Waals surface area contributed by atoms with Crippen LogP contribution in [0.3, 0.4) is 0 Å². The molecule has 0 bridgehead atoms. The lowest BCUT2D eigenvalue weighted by Gasteiger charge is -2.29. The van der Waals surface area contributed by atoms with E-state index in [1.54, 1.807) is 5.56 Å². The highest BCUT2D eigenvalue weighted by Crippen LogP contribution is 2.30. The van der Waals surface area contributed by atoms with E-state index in [0.717, 1.165) is 26.1 Å². The topological polar surface area (TPSA) is 15.3 Å². The first-order chi connectivity index (χ1) is 10.4. The molecule has 1 N–H and O–H groups in total. The summed E-state index contributed by atoms with van der Waals surface area (Å²) in [5, 5.41) is 3.48. The van der Waals surface area contributed by atoms with Crippen LogP contribution in [0.4, 0.5) is 5.69 Å². The summed E-state index contributed by atoms with van der Waals surface area (Å²) >= 11 is 0. The molecular weight excluding hydrogens is 256 g/mol. The second-order valence-corrected chi connectivity index (χ2v) is 6.14. The zero-order valence-electron chi connectivity index (χ0n) is 12.4. The van der Waals surface area contributed by atoms with E-state index in [9.17, 15) is 0 Å². The van der Waals surface area contributed by atoms with Crippen LogP contribution in [0.15, 0.2) is 42.5 Å². The molecule has 0 aromatic heterocycles. The fourth-order valence-corrected chi connectivity index (χ4v) is 3.71. The van der Waals surface area contributed by atoms with Crippen molar-refractivity contribution < 1.29 is 0 Å². The van der Waals surface area contributed by atoms with Crippen LogP contribution in [0, 0.1) is 0 Å². The number of benzene rings is 2. The molecule has 2 heterocycles. The molecule has 0 saturated carbocycles. The van der Waals surface area contributed by atoms with Gasteiger partial charge in [0.15, 0.2) is 0 Å². The van der Waals surface area contributed by atoms with E-state index < -0.39 is 0 Å². The lowest BCUT2D eigenvalue weighted by molar-refractivity contribution is 0.639. The van der Waals surface area contributed by atoms with Gasteiger partial charge < -0.3 is 10.2 Å². The molecule has 2 aromatic carbocycles. The van der Waals surface area contributed by atoms with E-state index >= 15 is 0 Å². The minimum atomic E-state index is 1.02. The second kappa shape index (κ2) is 5.53. The van der Waals surface area contributed by atoms with E-state index in [-0.39, 0.29) is 0 Å². The third-order valence-electron chi connectivity index (χ3n) is 4.81. The Hall–Kier alpha value is -1.80. The molecule has 21 heavy (non-hydrogen) atoms. The fraction of sp³-hybridized carbons (Fsp3) is 0.368. The third-order valence-corrected chi connectivity index (χ3v) is 4.81. The summed E-state index contributed by atoms with van der Waals surface area (Å²) in [7, 11) is 0. The predicted octanol–water partition coefficient (Wildman–Crippen LogP) is 3.29. The van der Waals surface area contributed by atoms with Gasteiger partial charge in [-0.3, -0.25) is 0 Å². The zero-order chi connectivity index (χ0) is 14.1. The average molecular weight is 278 g/mol. The summed E-state index contributed by atoms with van der Waals surface area (Å²) < 4.78 is 0. The molecule has 0 aliphatic carbocycles. The molecule has 0 radical (unpaired) electrons. The maximum absolute atomic E-state index is 3.48. The van der Waals surface area contributed by atoms with Crippen LogP contribution in [-0.2, 0) is 25.9 Å². The SMILES string of the molecule is c1ccc2c(c1)CCCN(c1cccc3c1CCNC3)C2. The van der Waals surface area contributed by atoms with E-state index in [0.29, 0.717) is 0 Å². The van der Waals surface area contributed by atoms with Crippen LogP contribution >= 0.6 is 0 Å². The predicted molar refractivity (Wildman–Crippen MR) is 87.7 cm³/mol. The van der Waals surface area contributed by atoms with Gasteiger partial charge in [0.1, 0.15) is 0 Å². The highest BCUT2D eigenvalue weighted by molar-refractivity contribution is 5.58. The maximum atomic E-state index is 3.48. The molecule has 2 nitrogen and oxygen atoms in total. The summed E-state index contributed by atoms with van der Waals surface area (Å²) in [6.45, 7) is 4.35. The summed E-state index contributed by atoms with van der Waals surface area (Å²) in [6, 6.07) is 15.7. The van der Waals surface area contributed by atoms with Crippen LogP contribution in [0.1, 0.15) is 28.7 Å². The van der Waals surface area contributed by atoms with Crippen molar-refractivity contribution in [2.45, 2.75) is 32.4 Å². The highest BCUT2D eigenvalue weighted by Gasteiger charge is 2.19. The number of nitrogens with zero attached hydrogens (tertiary/aromatic N) is 1. The zero-order valence-corrected chi connectivity index (χ0v) is 12.4. The Labute approximate surface area is 126 Å². The molecule has 0 atom stereocenters. The van der Waals surface area contributed by atoms with Crippen molar-refractivity contribution in [1.29, 1.82) is 0 Å². The molecule has 0 fully saturated rings. The molecule has 2 aromatic rings. The number of hydrogen-bond donors (Lipinski definition) is 1. The number of aryl methyl sites for hydroxylation is 1. The first-order valence-corrected chi connectivity index (χ1v) is 8.05. The van der Waals surface area contributed by atoms with Gasteiger partial charge in [-0.05, 0) is 54.1 Å². The summed E-state index contributed by atoms with van der Waals surface area (Å²) in [4.78, 5) is 2.59. The van der Waals surface area contributed by atoms with E-state index in [4.69, 9.17) is 0 Å². The van der Waals surface area contributed by atoms with Crippen molar-refractivity contribution in [3.63, 3.8) is 0 Å². The second-order valence-electron chi connectivity index (χ2n) is 6.14. The van der Waals surface area contributed by atoms with Crippen molar-refractivity contribution >= 4 is 5.69 Å². The van der Waals surface area contributed by atoms with Crippen LogP contribution in [-0.4, -0.2) is 13.1 Å². The third kappa shape index (κ3) is 2.44. The Bertz CT molecular complexity index is 648. The summed E-state index contributed by atoms with van der Waals surface area (Å²) in [5.41, 5.74) is 7.55. The van der Waals surface area contributed by atoms with Gasteiger partial charge in [-0.15, -0.1) is 0 Å². The summed E-state index contributed by atoms with van der Waals surface area (Å²) in [6.07, 6.45) is 3.62. The smallest absolute Gasteiger partial charge is 0.0432 e. The van der Waals surface area contributed by atoms with Crippen molar-refractivity contribution in [2.75, 3.05) is 18.0 Å². The first-order valence-electron chi connectivity index (χ1n) is 8.05. The maximum Gasteiger partial charge on any atom is 0.0432 e. The number of nitrogens with one attached hydrogen (secondary N) is 1. The van der Waals surface area contributed by atoms with Crippen molar-refractivity contribution in [3.8, 4) is 0 Å². The average Bonchev–Trinajstić information content (AvgIpc) is 2.76. The Morgan fingerprint density at radius 2 is 1.71 bits per heavy atom. The molecule has 108 valence electrons. The van der Waals surface area contributed by atoms with Gasteiger partial charge in [0.25, 0.3) is 0 Å². The lowest BCUT2D eigenvalue weighted by Crippen LogP contribution is -2.29. The van der Waals surface area contributed by atoms with E-state index in [1.165, 1.54) is 41.8 Å². The molecule has 0 spiro atoms. The largest absolute Gasteiger partial charge is 0.367 e. The first kappa shape index (κ1) is 12.9. The number of anilines is 1. The molecule has 0 amide bonds. The number of hydrogen-bond acceptors (Lipinski definition) is 2. The molecule has 0 saturated heterocycles. The highest BCUT2D eigenvalue weighted by atomic mass is 15.1. The van der Waals surface area contributed by atoms with Gasteiger partial charge in [0.2, 0.25) is 0 Å². The Morgan fingerprint density at radius 3 is 2.67 bits per heavy atom. The standard InChI is InChI=1S/C19H22N2/c1-2-6-17-14-21(12-4-8-15(17)5-1)19-9-3-7-16-13-20-11-10-18(16)19/h1-3,5-7,9,20H,4,8,10-14H2. The molecule has 4 rings (SSSR count). The van der Waals surface area contributed by atoms with Crippen LogP contribution in [0.25, 0.3) is 0 Å². The Balaban J connectivity index is 1.71. The molecular formula is C19H22N2. The molecule has 2 aliphatic rings. The molecule has 2 aliphatic heterocycles. The number of rotatable bonds is 1. The van der Waals surface area contributed by atoms with Crippen molar-refractivity contribution in [3.05, 3.63) is 64.7 Å². The molecule has 2 heteroatoms.